The van der Waals surface area contributed by atoms with Gasteiger partial charge in [-0.1, -0.05) is 13.0 Å². The van der Waals surface area contributed by atoms with Crippen molar-refractivity contribution < 1.29 is 0 Å². The van der Waals surface area contributed by atoms with Crippen molar-refractivity contribution in [1.82, 2.24) is 25.4 Å². The van der Waals surface area contributed by atoms with Crippen LogP contribution in [0.4, 0.5) is 0 Å². The number of nitrogens with zero attached hydrogens (tertiary/aromatic N) is 4. The van der Waals surface area contributed by atoms with Crippen LogP contribution in [-0.4, -0.2) is 40.9 Å². The van der Waals surface area contributed by atoms with E-state index >= 15 is 0 Å². The summed E-state index contributed by atoms with van der Waals surface area (Å²) in [6, 6.07) is 4.31. The maximum atomic E-state index is 4.28. The fraction of sp³-hybridized carbons (Fsp3) is 0.562. The molecule has 1 atom stereocenters. The molecular weight excluding hydrogens is 308 g/mol. The standard InChI is InChI=1S/C16H26N6S/c1-14(10-15-6-5-9-23-15)11-19-16(17-2)18-7-3-4-8-22-12-20-21-13-22/h5-6,9,12-14H,3-4,7-8,10-11H2,1-2H3,(H2,17,18,19). The summed E-state index contributed by atoms with van der Waals surface area (Å²) in [5, 5.41) is 16.5. The highest BCUT2D eigenvalue weighted by atomic mass is 32.1. The molecule has 0 fully saturated rings. The monoisotopic (exact) mass is 334 g/mol. The van der Waals surface area contributed by atoms with Gasteiger partial charge in [0.05, 0.1) is 0 Å². The molecule has 2 aromatic rings. The number of unbranched alkanes of at least 4 members (excludes halogenated alkanes) is 1. The van der Waals surface area contributed by atoms with Crippen LogP contribution in [0.15, 0.2) is 35.2 Å². The first kappa shape index (κ1) is 17.5. The van der Waals surface area contributed by atoms with Crippen LogP contribution in [0.2, 0.25) is 0 Å². The number of hydrogen-bond donors (Lipinski definition) is 2. The van der Waals surface area contributed by atoms with Crippen molar-refractivity contribution >= 4 is 17.3 Å². The predicted molar refractivity (Wildman–Crippen MR) is 95.8 cm³/mol. The van der Waals surface area contributed by atoms with E-state index in [9.17, 15) is 0 Å². The number of hydrogen-bond acceptors (Lipinski definition) is 4. The molecule has 0 aliphatic rings. The number of guanidine groups is 1. The molecule has 2 heterocycles. The Balaban J connectivity index is 1.56. The van der Waals surface area contributed by atoms with Gasteiger partial charge in [0, 0.05) is 31.6 Å². The molecule has 0 saturated heterocycles. The van der Waals surface area contributed by atoms with Gasteiger partial charge in [-0.15, -0.1) is 21.5 Å². The molecule has 7 heteroatoms. The third kappa shape index (κ3) is 6.81. The minimum Gasteiger partial charge on any atom is -0.356 e. The van der Waals surface area contributed by atoms with Gasteiger partial charge >= 0.3 is 0 Å². The highest BCUT2D eigenvalue weighted by Crippen LogP contribution is 2.13. The molecule has 0 radical (unpaired) electrons. The summed E-state index contributed by atoms with van der Waals surface area (Å²) in [7, 11) is 1.82. The van der Waals surface area contributed by atoms with Gasteiger partial charge in [0.15, 0.2) is 5.96 Å². The molecule has 0 spiro atoms. The number of thiophene rings is 1. The van der Waals surface area contributed by atoms with Crippen LogP contribution < -0.4 is 10.6 Å². The lowest BCUT2D eigenvalue weighted by Gasteiger charge is -2.15. The first-order chi connectivity index (χ1) is 11.3. The quantitative estimate of drug-likeness (QED) is 0.419. The molecule has 0 aliphatic carbocycles. The molecule has 1 unspecified atom stereocenters. The van der Waals surface area contributed by atoms with E-state index in [2.05, 4.69) is 50.3 Å². The highest BCUT2D eigenvalue weighted by molar-refractivity contribution is 7.09. The zero-order valence-electron chi connectivity index (χ0n) is 13.9. The highest BCUT2D eigenvalue weighted by Gasteiger charge is 2.06. The topological polar surface area (TPSA) is 67.1 Å². The number of nitrogens with one attached hydrogen (secondary N) is 2. The fourth-order valence-corrected chi connectivity index (χ4v) is 3.17. The Hall–Kier alpha value is -1.89. The van der Waals surface area contributed by atoms with Crippen molar-refractivity contribution in [2.24, 2.45) is 10.9 Å². The SMILES string of the molecule is CN=C(NCCCCn1cnnc1)NCC(C)Cc1cccs1. The number of rotatable bonds is 9. The van der Waals surface area contributed by atoms with Crippen molar-refractivity contribution in [3.8, 4) is 0 Å². The number of aryl methyl sites for hydroxylation is 1. The van der Waals surface area contributed by atoms with E-state index in [1.807, 2.05) is 23.0 Å². The maximum Gasteiger partial charge on any atom is 0.190 e. The first-order valence-corrected chi connectivity index (χ1v) is 8.95. The summed E-state index contributed by atoms with van der Waals surface area (Å²) < 4.78 is 2.00. The summed E-state index contributed by atoms with van der Waals surface area (Å²) in [5.41, 5.74) is 0. The Kier molecular flexibility index (Phi) is 7.59. The van der Waals surface area contributed by atoms with Crippen LogP contribution in [0, 0.1) is 5.92 Å². The van der Waals surface area contributed by atoms with E-state index in [-0.39, 0.29) is 0 Å². The van der Waals surface area contributed by atoms with E-state index < -0.39 is 0 Å². The Morgan fingerprint density at radius 3 is 2.83 bits per heavy atom. The van der Waals surface area contributed by atoms with Crippen LogP contribution in [0.3, 0.4) is 0 Å². The third-order valence-corrected chi connectivity index (χ3v) is 4.47. The van der Waals surface area contributed by atoms with Crippen LogP contribution in [0.5, 0.6) is 0 Å². The molecule has 2 aromatic heterocycles. The summed E-state index contributed by atoms with van der Waals surface area (Å²) in [6.45, 7) is 5.07. The predicted octanol–water partition coefficient (Wildman–Crippen LogP) is 2.16. The first-order valence-electron chi connectivity index (χ1n) is 8.07. The Morgan fingerprint density at radius 1 is 1.30 bits per heavy atom. The zero-order valence-corrected chi connectivity index (χ0v) is 14.7. The molecule has 0 saturated carbocycles. The molecule has 23 heavy (non-hydrogen) atoms. The minimum atomic E-state index is 0.584. The van der Waals surface area contributed by atoms with Crippen molar-refractivity contribution in [2.75, 3.05) is 20.1 Å². The average molecular weight is 334 g/mol. The van der Waals surface area contributed by atoms with Crippen molar-refractivity contribution in [2.45, 2.75) is 32.7 Å². The van der Waals surface area contributed by atoms with Gasteiger partial charge in [-0.25, -0.2) is 0 Å². The second-order valence-corrected chi connectivity index (χ2v) is 6.71. The molecule has 0 aliphatic heterocycles. The summed E-state index contributed by atoms with van der Waals surface area (Å²) in [5.74, 6) is 1.47. The lowest BCUT2D eigenvalue weighted by Crippen LogP contribution is -2.40. The molecule has 0 bridgehead atoms. The second kappa shape index (κ2) is 9.99. The number of aromatic nitrogens is 3. The summed E-state index contributed by atoms with van der Waals surface area (Å²) >= 11 is 1.82. The van der Waals surface area contributed by atoms with Crippen molar-refractivity contribution in [1.29, 1.82) is 0 Å². The van der Waals surface area contributed by atoms with Gasteiger partial charge in [0.1, 0.15) is 12.7 Å². The van der Waals surface area contributed by atoms with Crippen molar-refractivity contribution in [3.63, 3.8) is 0 Å². The Bertz CT molecular complexity index is 549. The molecule has 0 amide bonds. The van der Waals surface area contributed by atoms with Crippen LogP contribution in [0.1, 0.15) is 24.6 Å². The summed E-state index contributed by atoms with van der Waals surface area (Å²) in [4.78, 5) is 5.72. The Morgan fingerprint density at radius 2 is 2.13 bits per heavy atom. The molecule has 0 aromatic carbocycles. The van der Waals surface area contributed by atoms with E-state index in [1.54, 1.807) is 12.7 Å². The number of aliphatic imine (C=N–C) groups is 1. The second-order valence-electron chi connectivity index (χ2n) is 5.68. The largest absolute Gasteiger partial charge is 0.356 e. The minimum absolute atomic E-state index is 0.584. The van der Waals surface area contributed by atoms with Crippen LogP contribution in [-0.2, 0) is 13.0 Å². The van der Waals surface area contributed by atoms with E-state index in [4.69, 9.17) is 0 Å². The smallest absolute Gasteiger partial charge is 0.190 e. The van der Waals surface area contributed by atoms with Gasteiger partial charge in [-0.3, -0.25) is 4.99 Å². The van der Waals surface area contributed by atoms with Crippen LogP contribution >= 0.6 is 11.3 Å². The third-order valence-electron chi connectivity index (χ3n) is 3.57. The fourth-order valence-electron chi connectivity index (χ4n) is 2.30. The average Bonchev–Trinajstić information content (AvgIpc) is 3.23. The van der Waals surface area contributed by atoms with E-state index in [0.717, 1.165) is 44.9 Å². The molecular formula is C16H26N6S. The lowest BCUT2D eigenvalue weighted by molar-refractivity contribution is 0.557. The molecule has 126 valence electrons. The van der Waals surface area contributed by atoms with E-state index in [0.29, 0.717) is 5.92 Å². The molecule has 2 N–H and O–H groups in total. The van der Waals surface area contributed by atoms with E-state index in [1.165, 1.54) is 4.88 Å². The van der Waals surface area contributed by atoms with Gasteiger partial charge in [-0.05, 0) is 36.6 Å². The lowest BCUT2D eigenvalue weighted by atomic mass is 10.1. The van der Waals surface area contributed by atoms with Gasteiger partial charge in [-0.2, -0.15) is 0 Å². The Labute approximate surface area is 142 Å². The van der Waals surface area contributed by atoms with Crippen molar-refractivity contribution in [3.05, 3.63) is 35.0 Å². The maximum absolute atomic E-state index is 4.28. The zero-order chi connectivity index (χ0) is 16.3. The molecule has 2 rings (SSSR count). The summed E-state index contributed by atoms with van der Waals surface area (Å²) in [6.07, 6.45) is 6.80. The van der Waals surface area contributed by atoms with Gasteiger partial charge in [0.2, 0.25) is 0 Å². The van der Waals surface area contributed by atoms with Gasteiger partial charge in [0.25, 0.3) is 0 Å². The molecule has 6 nitrogen and oxygen atoms in total. The van der Waals surface area contributed by atoms with Gasteiger partial charge < -0.3 is 15.2 Å². The normalized spacial score (nSPS) is 13.0. The van der Waals surface area contributed by atoms with Crippen LogP contribution in [0.25, 0.3) is 0 Å².